The second kappa shape index (κ2) is 8.88. The lowest BCUT2D eigenvalue weighted by Gasteiger charge is -2.15. The Labute approximate surface area is 154 Å². The normalized spacial score (nSPS) is 12.2. The summed E-state index contributed by atoms with van der Waals surface area (Å²) < 4.78 is 42.0. The number of aryl methyl sites for hydroxylation is 2. The number of rotatable bonds is 6. The Hall–Kier alpha value is -2.29. The van der Waals surface area contributed by atoms with Crippen LogP contribution in [-0.4, -0.2) is 30.8 Å². The van der Waals surface area contributed by atoms with E-state index in [9.17, 15) is 13.2 Å². The number of para-hydroxylation sites is 1. The minimum atomic E-state index is -4.37. The van der Waals surface area contributed by atoms with E-state index in [1.165, 1.54) is 10.9 Å². The molecule has 0 aliphatic carbocycles. The second-order valence-electron chi connectivity index (χ2n) is 5.54. The maximum absolute atomic E-state index is 12.4. The monoisotopic (exact) mass is 386 g/mol. The number of halogens is 3. The van der Waals surface area contributed by atoms with Crippen molar-refractivity contribution in [3.8, 4) is 5.75 Å². The number of alkyl halides is 3. The van der Waals surface area contributed by atoms with E-state index in [1.807, 2.05) is 13.8 Å². The van der Waals surface area contributed by atoms with Gasteiger partial charge in [-0.15, -0.1) is 11.3 Å². The molecule has 1 aromatic heterocycles. The Bertz CT molecular complexity index is 739. The lowest BCUT2D eigenvalue weighted by atomic mass is 10.2. The van der Waals surface area contributed by atoms with Crippen molar-refractivity contribution in [1.82, 2.24) is 15.6 Å². The third-order valence-corrected chi connectivity index (χ3v) is 4.59. The molecular formula is C17H21F3N4OS. The van der Waals surface area contributed by atoms with Crippen molar-refractivity contribution in [1.29, 1.82) is 0 Å². The SMILES string of the molecule is CN=C(NCc1nc(C)c(C)s1)NCc1ccccc1OCC(F)(F)F. The predicted molar refractivity (Wildman–Crippen MR) is 96.6 cm³/mol. The van der Waals surface area contributed by atoms with Crippen LogP contribution in [0.15, 0.2) is 29.3 Å². The Morgan fingerprint density at radius 3 is 2.50 bits per heavy atom. The van der Waals surface area contributed by atoms with Crippen LogP contribution in [0.3, 0.4) is 0 Å². The van der Waals surface area contributed by atoms with Crippen molar-refractivity contribution in [2.24, 2.45) is 4.99 Å². The number of guanidine groups is 1. The minimum Gasteiger partial charge on any atom is -0.484 e. The van der Waals surface area contributed by atoms with Gasteiger partial charge in [0.1, 0.15) is 10.8 Å². The fraction of sp³-hybridized carbons (Fsp3) is 0.412. The van der Waals surface area contributed by atoms with Crippen LogP contribution in [0.4, 0.5) is 13.2 Å². The van der Waals surface area contributed by atoms with Gasteiger partial charge in [0, 0.05) is 24.0 Å². The van der Waals surface area contributed by atoms with E-state index < -0.39 is 12.8 Å². The van der Waals surface area contributed by atoms with Crippen LogP contribution in [0, 0.1) is 13.8 Å². The number of benzene rings is 1. The maximum atomic E-state index is 12.4. The summed E-state index contributed by atoms with van der Waals surface area (Å²) in [4.78, 5) is 9.72. The summed E-state index contributed by atoms with van der Waals surface area (Å²) in [5.74, 6) is 0.722. The standard InChI is InChI=1S/C17H21F3N4OS/c1-11-12(2)26-15(24-11)9-23-16(21-3)22-8-13-6-4-5-7-14(13)25-10-17(18,19)20/h4-7H,8-10H2,1-3H3,(H2,21,22,23). The molecule has 1 aromatic carbocycles. The van der Waals surface area contributed by atoms with Crippen molar-refractivity contribution in [2.45, 2.75) is 33.1 Å². The van der Waals surface area contributed by atoms with Crippen molar-refractivity contribution < 1.29 is 17.9 Å². The maximum Gasteiger partial charge on any atom is 0.422 e. The van der Waals surface area contributed by atoms with E-state index in [4.69, 9.17) is 4.74 Å². The molecule has 0 bridgehead atoms. The van der Waals surface area contributed by atoms with E-state index in [0.29, 0.717) is 18.1 Å². The van der Waals surface area contributed by atoms with Crippen molar-refractivity contribution in [3.05, 3.63) is 45.4 Å². The number of hydrogen-bond donors (Lipinski definition) is 2. The Balaban J connectivity index is 1.91. The molecule has 9 heteroatoms. The molecule has 0 spiro atoms. The molecule has 0 saturated heterocycles. The van der Waals surface area contributed by atoms with Crippen LogP contribution in [0.1, 0.15) is 21.1 Å². The minimum absolute atomic E-state index is 0.193. The largest absolute Gasteiger partial charge is 0.484 e. The summed E-state index contributed by atoms with van der Waals surface area (Å²) in [5.41, 5.74) is 1.62. The number of thiazole rings is 1. The van der Waals surface area contributed by atoms with Gasteiger partial charge >= 0.3 is 6.18 Å². The molecule has 5 nitrogen and oxygen atoms in total. The first kappa shape index (κ1) is 20.0. The third-order valence-electron chi connectivity index (χ3n) is 3.51. The molecule has 0 aliphatic heterocycles. The van der Waals surface area contributed by atoms with Gasteiger partial charge < -0.3 is 15.4 Å². The summed E-state index contributed by atoms with van der Waals surface area (Å²) in [7, 11) is 1.62. The highest BCUT2D eigenvalue weighted by Crippen LogP contribution is 2.22. The molecule has 0 atom stereocenters. The van der Waals surface area contributed by atoms with Crippen molar-refractivity contribution >= 4 is 17.3 Å². The van der Waals surface area contributed by atoms with Crippen LogP contribution < -0.4 is 15.4 Å². The van der Waals surface area contributed by atoms with Crippen molar-refractivity contribution in [3.63, 3.8) is 0 Å². The Kier molecular flexibility index (Phi) is 6.84. The van der Waals surface area contributed by atoms with E-state index in [1.54, 1.807) is 36.6 Å². The zero-order valence-electron chi connectivity index (χ0n) is 14.8. The molecule has 1 heterocycles. The van der Waals surface area contributed by atoms with Gasteiger partial charge in [-0.3, -0.25) is 4.99 Å². The zero-order valence-corrected chi connectivity index (χ0v) is 15.6. The van der Waals surface area contributed by atoms with Gasteiger partial charge in [-0.1, -0.05) is 18.2 Å². The molecule has 142 valence electrons. The molecule has 0 saturated carbocycles. The van der Waals surface area contributed by atoms with Gasteiger partial charge in [0.2, 0.25) is 0 Å². The smallest absolute Gasteiger partial charge is 0.422 e. The molecule has 0 radical (unpaired) electrons. The number of nitrogens with one attached hydrogen (secondary N) is 2. The molecule has 2 N–H and O–H groups in total. The fourth-order valence-corrected chi connectivity index (χ4v) is 3.00. The second-order valence-corrected chi connectivity index (χ2v) is 6.83. The highest BCUT2D eigenvalue weighted by atomic mass is 32.1. The molecule has 0 aliphatic rings. The fourth-order valence-electron chi connectivity index (χ4n) is 2.12. The number of nitrogens with zero attached hydrogens (tertiary/aromatic N) is 2. The van der Waals surface area contributed by atoms with Gasteiger partial charge in [0.05, 0.1) is 12.2 Å². The lowest BCUT2D eigenvalue weighted by Crippen LogP contribution is -2.36. The highest BCUT2D eigenvalue weighted by molar-refractivity contribution is 7.11. The molecule has 0 unspecified atom stereocenters. The predicted octanol–water partition coefficient (Wildman–Crippen LogP) is 3.57. The van der Waals surface area contributed by atoms with Gasteiger partial charge in [0.25, 0.3) is 0 Å². The average molecular weight is 386 g/mol. The summed E-state index contributed by atoms with van der Waals surface area (Å²) in [5, 5.41) is 7.15. The van der Waals surface area contributed by atoms with Gasteiger partial charge in [-0.2, -0.15) is 13.2 Å². The van der Waals surface area contributed by atoms with Gasteiger partial charge in [0.15, 0.2) is 12.6 Å². The average Bonchev–Trinajstić information content (AvgIpc) is 2.91. The number of aromatic nitrogens is 1. The molecule has 2 aromatic rings. The van der Waals surface area contributed by atoms with E-state index in [0.717, 1.165) is 10.7 Å². The van der Waals surface area contributed by atoms with Crippen LogP contribution in [-0.2, 0) is 13.1 Å². The molecule has 26 heavy (non-hydrogen) atoms. The van der Waals surface area contributed by atoms with E-state index in [-0.39, 0.29) is 12.3 Å². The summed E-state index contributed by atoms with van der Waals surface area (Å²) in [6.07, 6.45) is -4.37. The van der Waals surface area contributed by atoms with Gasteiger partial charge in [-0.05, 0) is 19.9 Å². The zero-order chi connectivity index (χ0) is 19.2. The summed E-state index contributed by atoms with van der Waals surface area (Å²) in [6, 6.07) is 6.60. The number of ether oxygens (including phenoxy) is 1. The van der Waals surface area contributed by atoms with Gasteiger partial charge in [-0.25, -0.2) is 4.98 Å². The first-order valence-corrected chi connectivity index (χ1v) is 8.75. The summed E-state index contributed by atoms with van der Waals surface area (Å²) in [6.45, 7) is 3.45. The molecule has 2 rings (SSSR count). The molecule has 0 amide bonds. The lowest BCUT2D eigenvalue weighted by molar-refractivity contribution is -0.153. The quantitative estimate of drug-likeness (QED) is 0.589. The first-order valence-electron chi connectivity index (χ1n) is 7.93. The Morgan fingerprint density at radius 1 is 1.19 bits per heavy atom. The molecular weight excluding hydrogens is 365 g/mol. The third kappa shape index (κ3) is 6.21. The topological polar surface area (TPSA) is 58.5 Å². The van der Waals surface area contributed by atoms with Crippen LogP contribution in [0.5, 0.6) is 5.75 Å². The highest BCUT2D eigenvalue weighted by Gasteiger charge is 2.28. The van der Waals surface area contributed by atoms with Crippen LogP contribution in [0.25, 0.3) is 0 Å². The van der Waals surface area contributed by atoms with E-state index in [2.05, 4.69) is 20.6 Å². The van der Waals surface area contributed by atoms with Crippen LogP contribution in [0.2, 0.25) is 0 Å². The van der Waals surface area contributed by atoms with E-state index >= 15 is 0 Å². The summed E-state index contributed by atoms with van der Waals surface area (Å²) >= 11 is 1.61. The number of aliphatic imine (C=N–C) groups is 1. The molecule has 0 fully saturated rings. The first-order chi connectivity index (χ1) is 12.3. The van der Waals surface area contributed by atoms with Crippen molar-refractivity contribution in [2.75, 3.05) is 13.7 Å². The van der Waals surface area contributed by atoms with Crippen LogP contribution >= 0.6 is 11.3 Å². The Morgan fingerprint density at radius 2 is 1.88 bits per heavy atom. The number of hydrogen-bond acceptors (Lipinski definition) is 4.